The third-order valence-electron chi connectivity index (χ3n) is 2.84. The summed E-state index contributed by atoms with van der Waals surface area (Å²) in [5, 5.41) is 8.86. The first-order chi connectivity index (χ1) is 6.36. The van der Waals surface area contributed by atoms with Gasteiger partial charge in [-0.2, -0.15) is 0 Å². The monoisotopic (exact) mass is 186 g/mol. The van der Waals surface area contributed by atoms with Gasteiger partial charge in [0.25, 0.3) is 0 Å². The number of nitrogens with zero attached hydrogens (tertiary/aromatic N) is 1. The fourth-order valence-electron chi connectivity index (χ4n) is 2.13. The van der Waals surface area contributed by atoms with Gasteiger partial charge in [-0.3, -0.25) is 0 Å². The summed E-state index contributed by atoms with van der Waals surface area (Å²) in [6, 6.07) is 0. The maximum absolute atomic E-state index is 8.86. The summed E-state index contributed by atoms with van der Waals surface area (Å²) in [6.07, 6.45) is 5.06. The molecule has 1 atom stereocenters. The van der Waals surface area contributed by atoms with E-state index in [1.807, 2.05) is 0 Å². The summed E-state index contributed by atoms with van der Waals surface area (Å²) < 4.78 is 0. The van der Waals surface area contributed by atoms with Crippen molar-refractivity contribution in [1.82, 2.24) is 4.90 Å². The molecule has 0 aliphatic carbocycles. The van der Waals surface area contributed by atoms with Gasteiger partial charge in [-0.15, -0.1) is 0 Å². The van der Waals surface area contributed by atoms with E-state index in [1.165, 1.54) is 19.3 Å². The molecule has 0 aromatic rings. The van der Waals surface area contributed by atoms with Crippen molar-refractivity contribution < 1.29 is 5.11 Å². The third kappa shape index (κ3) is 4.07. The molecule has 1 aliphatic rings. The Morgan fingerprint density at radius 2 is 2.23 bits per heavy atom. The van der Waals surface area contributed by atoms with Crippen molar-refractivity contribution in [3.63, 3.8) is 0 Å². The van der Waals surface area contributed by atoms with Crippen LogP contribution in [0.2, 0.25) is 0 Å². The normalized spacial score (nSPS) is 25.8. The summed E-state index contributed by atoms with van der Waals surface area (Å²) in [5.41, 5.74) is 5.56. The summed E-state index contributed by atoms with van der Waals surface area (Å²) in [4.78, 5) is 2.37. The van der Waals surface area contributed by atoms with Gasteiger partial charge in [0.1, 0.15) is 0 Å². The maximum Gasteiger partial charge on any atom is 0.0558 e. The number of hydrogen-bond acceptors (Lipinski definition) is 3. The molecule has 1 rings (SSSR count). The van der Waals surface area contributed by atoms with Crippen LogP contribution in [-0.4, -0.2) is 42.8 Å². The van der Waals surface area contributed by atoms with Crippen molar-refractivity contribution in [2.75, 3.05) is 32.8 Å². The minimum atomic E-state index is 0.287. The fraction of sp³-hybridized carbons (Fsp3) is 1.00. The molecular weight excluding hydrogens is 164 g/mol. The highest BCUT2D eigenvalue weighted by Crippen LogP contribution is 2.18. The number of aliphatic hydroxyl groups excluding tert-OH is 1. The fourth-order valence-corrected chi connectivity index (χ4v) is 2.13. The zero-order valence-electron chi connectivity index (χ0n) is 8.41. The molecule has 3 N–H and O–H groups in total. The molecule has 1 unspecified atom stereocenters. The van der Waals surface area contributed by atoms with Gasteiger partial charge in [-0.05, 0) is 38.3 Å². The average molecular weight is 186 g/mol. The molecule has 1 heterocycles. The van der Waals surface area contributed by atoms with E-state index >= 15 is 0 Å². The molecular formula is C10H22N2O. The van der Waals surface area contributed by atoms with Gasteiger partial charge in [0.05, 0.1) is 6.61 Å². The molecule has 0 bridgehead atoms. The van der Waals surface area contributed by atoms with Gasteiger partial charge < -0.3 is 15.7 Å². The number of hydrogen-bond donors (Lipinski definition) is 2. The van der Waals surface area contributed by atoms with Crippen LogP contribution in [0.3, 0.4) is 0 Å². The lowest BCUT2D eigenvalue weighted by Gasteiger charge is -2.22. The molecule has 0 aromatic carbocycles. The largest absolute Gasteiger partial charge is 0.395 e. The van der Waals surface area contributed by atoms with E-state index in [1.54, 1.807) is 0 Å². The van der Waals surface area contributed by atoms with Crippen LogP contribution in [0.4, 0.5) is 0 Å². The Balaban J connectivity index is 2.30. The van der Waals surface area contributed by atoms with Crippen LogP contribution in [0, 0.1) is 5.92 Å². The second-order valence-corrected chi connectivity index (χ2v) is 3.96. The zero-order chi connectivity index (χ0) is 9.52. The van der Waals surface area contributed by atoms with E-state index in [2.05, 4.69) is 4.90 Å². The molecule has 0 aromatic heterocycles. The number of aliphatic hydroxyl groups is 1. The molecule has 1 fully saturated rings. The minimum absolute atomic E-state index is 0.287. The lowest BCUT2D eigenvalue weighted by molar-refractivity contribution is 0.183. The molecule has 0 spiro atoms. The van der Waals surface area contributed by atoms with E-state index in [9.17, 15) is 0 Å². The number of likely N-dealkylation sites (tertiary alicyclic amines) is 1. The minimum Gasteiger partial charge on any atom is -0.395 e. The van der Waals surface area contributed by atoms with Gasteiger partial charge in [0, 0.05) is 13.1 Å². The number of rotatable bonds is 4. The summed E-state index contributed by atoms with van der Waals surface area (Å²) in [6.45, 7) is 4.22. The topological polar surface area (TPSA) is 49.5 Å². The van der Waals surface area contributed by atoms with Gasteiger partial charge in [-0.25, -0.2) is 0 Å². The van der Waals surface area contributed by atoms with Crippen molar-refractivity contribution >= 4 is 0 Å². The third-order valence-corrected chi connectivity index (χ3v) is 2.84. The molecule has 1 aliphatic heterocycles. The highest BCUT2D eigenvalue weighted by atomic mass is 16.3. The van der Waals surface area contributed by atoms with Gasteiger partial charge in [-0.1, -0.05) is 6.42 Å². The highest BCUT2D eigenvalue weighted by Gasteiger charge is 2.16. The summed E-state index contributed by atoms with van der Waals surface area (Å²) >= 11 is 0. The van der Waals surface area contributed by atoms with Crippen LogP contribution in [0.15, 0.2) is 0 Å². The Kier molecular flexibility index (Phi) is 5.35. The predicted molar refractivity (Wildman–Crippen MR) is 54.5 cm³/mol. The highest BCUT2D eigenvalue weighted by molar-refractivity contribution is 4.71. The van der Waals surface area contributed by atoms with E-state index in [4.69, 9.17) is 10.8 Å². The summed E-state index contributed by atoms with van der Waals surface area (Å²) in [5.74, 6) is 0.763. The second kappa shape index (κ2) is 6.35. The Hall–Kier alpha value is -0.120. The lowest BCUT2D eigenvalue weighted by Crippen LogP contribution is -2.31. The lowest BCUT2D eigenvalue weighted by atomic mass is 10.00. The first-order valence-electron chi connectivity index (χ1n) is 5.40. The molecule has 3 heteroatoms. The van der Waals surface area contributed by atoms with Gasteiger partial charge in [0.2, 0.25) is 0 Å². The smallest absolute Gasteiger partial charge is 0.0558 e. The zero-order valence-corrected chi connectivity index (χ0v) is 8.41. The Morgan fingerprint density at radius 1 is 1.38 bits per heavy atom. The van der Waals surface area contributed by atoms with E-state index in [0.717, 1.165) is 38.5 Å². The molecule has 13 heavy (non-hydrogen) atoms. The van der Waals surface area contributed by atoms with E-state index in [-0.39, 0.29) is 6.61 Å². The van der Waals surface area contributed by atoms with Crippen LogP contribution in [0.5, 0.6) is 0 Å². The van der Waals surface area contributed by atoms with Crippen LogP contribution in [0.25, 0.3) is 0 Å². The molecule has 0 amide bonds. The number of nitrogens with two attached hydrogens (primary N) is 1. The molecule has 0 saturated carbocycles. The summed E-state index contributed by atoms with van der Waals surface area (Å²) in [7, 11) is 0. The first kappa shape index (κ1) is 11.0. The Morgan fingerprint density at radius 3 is 2.92 bits per heavy atom. The number of β-amino-alcohol motifs (C(OH)–C–C–N with tert-alkyl or cyclic N) is 1. The second-order valence-electron chi connectivity index (χ2n) is 3.96. The van der Waals surface area contributed by atoms with Crippen molar-refractivity contribution in [2.24, 2.45) is 11.7 Å². The van der Waals surface area contributed by atoms with Gasteiger partial charge >= 0.3 is 0 Å². The average Bonchev–Trinajstić information content (AvgIpc) is 2.32. The molecule has 0 radical (unpaired) electrons. The van der Waals surface area contributed by atoms with E-state index < -0.39 is 0 Å². The van der Waals surface area contributed by atoms with Crippen LogP contribution in [0.1, 0.15) is 25.7 Å². The van der Waals surface area contributed by atoms with Crippen LogP contribution >= 0.6 is 0 Å². The van der Waals surface area contributed by atoms with Gasteiger partial charge in [0.15, 0.2) is 0 Å². The Bertz CT molecular complexity index is 116. The standard InChI is InChI=1S/C10H22N2O/c11-5-4-10-3-1-2-6-12(9-10)7-8-13/h10,13H,1-9,11H2. The maximum atomic E-state index is 8.86. The molecule has 78 valence electrons. The Labute approximate surface area is 80.9 Å². The van der Waals surface area contributed by atoms with E-state index in [0.29, 0.717) is 0 Å². The molecule has 3 nitrogen and oxygen atoms in total. The van der Waals surface area contributed by atoms with Crippen LogP contribution < -0.4 is 5.73 Å². The first-order valence-corrected chi connectivity index (χ1v) is 5.40. The SMILES string of the molecule is NCCC1CCCCN(CCO)C1. The molecule has 1 saturated heterocycles. The quantitative estimate of drug-likeness (QED) is 0.669. The van der Waals surface area contributed by atoms with Crippen LogP contribution in [-0.2, 0) is 0 Å². The van der Waals surface area contributed by atoms with Crippen molar-refractivity contribution in [3.05, 3.63) is 0 Å². The predicted octanol–water partition coefficient (Wildman–Crippen LogP) is 0.430. The van der Waals surface area contributed by atoms with Crippen molar-refractivity contribution in [3.8, 4) is 0 Å². The van der Waals surface area contributed by atoms with Crippen molar-refractivity contribution in [1.29, 1.82) is 0 Å². The van der Waals surface area contributed by atoms with Crippen molar-refractivity contribution in [2.45, 2.75) is 25.7 Å².